The Kier molecular flexibility index (Phi) is 2.88. The summed E-state index contributed by atoms with van der Waals surface area (Å²) >= 11 is 0. The lowest BCUT2D eigenvalue weighted by Crippen LogP contribution is -2.46. The van der Waals surface area contributed by atoms with Gasteiger partial charge in [-0.05, 0) is 25.7 Å². The molecular weight excluding hydrogens is 208 g/mol. The fraction of sp³-hybridized carbons (Fsp3) is 0.818. The Morgan fingerprint density at radius 1 is 1.50 bits per heavy atom. The highest BCUT2D eigenvalue weighted by atomic mass is 16.4. The van der Waals surface area contributed by atoms with Crippen LogP contribution in [0.5, 0.6) is 0 Å². The Labute approximate surface area is 94.6 Å². The second kappa shape index (κ2) is 4.05. The Morgan fingerprint density at radius 2 is 2.19 bits per heavy atom. The van der Waals surface area contributed by atoms with E-state index in [0.717, 1.165) is 12.8 Å². The van der Waals surface area contributed by atoms with Gasteiger partial charge >= 0.3 is 5.97 Å². The Hall–Kier alpha value is -1.10. The number of hydrogen-bond donors (Lipinski definition) is 2. The molecule has 0 aliphatic carbocycles. The van der Waals surface area contributed by atoms with Crippen molar-refractivity contribution in [3.63, 3.8) is 0 Å². The van der Waals surface area contributed by atoms with E-state index in [0.29, 0.717) is 12.8 Å². The molecule has 5 heteroatoms. The first-order valence-corrected chi connectivity index (χ1v) is 5.86. The van der Waals surface area contributed by atoms with Crippen LogP contribution in [0.3, 0.4) is 0 Å². The van der Waals surface area contributed by atoms with Gasteiger partial charge in [0.05, 0.1) is 12.0 Å². The summed E-state index contributed by atoms with van der Waals surface area (Å²) in [6.45, 7) is 1.87. The van der Waals surface area contributed by atoms with E-state index in [2.05, 4.69) is 0 Å². The average molecular weight is 226 g/mol. The quantitative estimate of drug-likeness (QED) is 0.719. The second-order valence-electron chi connectivity index (χ2n) is 4.74. The molecule has 16 heavy (non-hydrogen) atoms. The molecular formula is C11H18N2O3. The van der Waals surface area contributed by atoms with Gasteiger partial charge in [-0.25, -0.2) is 0 Å². The lowest BCUT2D eigenvalue weighted by atomic mass is 9.89. The summed E-state index contributed by atoms with van der Waals surface area (Å²) in [5.74, 6) is -1.24. The van der Waals surface area contributed by atoms with E-state index >= 15 is 0 Å². The molecule has 2 bridgehead atoms. The molecule has 90 valence electrons. The van der Waals surface area contributed by atoms with E-state index < -0.39 is 12.0 Å². The van der Waals surface area contributed by atoms with Crippen molar-refractivity contribution in [1.82, 2.24) is 4.90 Å². The molecule has 0 saturated carbocycles. The fourth-order valence-electron chi connectivity index (χ4n) is 2.96. The number of carboxylic acids is 1. The number of nitrogens with zero attached hydrogens (tertiary/aromatic N) is 1. The molecule has 0 aromatic carbocycles. The van der Waals surface area contributed by atoms with Gasteiger partial charge in [0.2, 0.25) is 5.91 Å². The summed E-state index contributed by atoms with van der Waals surface area (Å²) in [4.78, 5) is 24.8. The molecule has 0 aromatic rings. The molecule has 2 aliphatic rings. The minimum Gasteiger partial charge on any atom is -0.481 e. The van der Waals surface area contributed by atoms with Crippen LogP contribution in [0.1, 0.15) is 32.6 Å². The van der Waals surface area contributed by atoms with Gasteiger partial charge in [-0.2, -0.15) is 0 Å². The lowest BCUT2D eigenvalue weighted by molar-refractivity contribution is -0.143. The highest BCUT2D eigenvalue weighted by Gasteiger charge is 2.51. The van der Waals surface area contributed by atoms with Crippen LogP contribution in [-0.4, -0.2) is 40.0 Å². The van der Waals surface area contributed by atoms with Crippen LogP contribution >= 0.6 is 0 Å². The first-order valence-electron chi connectivity index (χ1n) is 5.86. The maximum absolute atomic E-state index is 12.0. The van der Waals surface area contributed by atoms with Crippen molar-refractivity contribution in [3.05, 3.63) is 0 Å². The van der Waals surface area contributed by atoms with E-state index in [-0.39, 0.29) is 23.9 Å². The number of nitrogens with two attached hydrogens (primary N) is 1. The first kappa shape index (κ1) is 11.4. The summed E-state index contributed by atoms with van der Waals surface area (Å²) < 4.78 is 0. The monoisotopic (exact) mass is 226 g/mol. The molecule has 4 unspecified atom stereocenters. The lowest BCUT2D eigenvalue weighted by Gasteiger charge is -2.25. The third-order valence-electron chi connectivity index (χ3n) is 3.87. The standard InChI is InChI=1S/C11H18N2O3/c1-2-8(12)10(14)13-6-3-4-9(13)7(5-6)11(15)16/h6-9H,2-5,12H2,1H3,(H,15,16). The van der Waals surface area contributed by atoms with Crippen LogP contribution in [0.4, 0.5) is 0 Å². The summed E-state index contributed by atoms with van der Waals surface area (Å²) in [7, 11) is 0. The van der Waals surface area contributed by atoms with Gasteiger partial charge < -0.3 is 15.7 Å². The molecule has 1 amide bonds. The highest BCUT2D eigenvalue weighted by molar-refractivity contribution is 5.84. The molecule has 5 nitrogen and oxygen atoms in total. The number of carbonyl (C=O) groups is 2. The van der Waals surface area contributed by atoms with E-state index in [1.807, 2.05) is 6.92 Å². The van der Waals surface area contributed by atoms with Gasteiger partial charge in [-0.15, -0.1) is 0 Å². The van der Waals surface area contributed by atoms with Crippen LogP contribution < -0.4 is 5.73 Å². The molecule has 3 N–H and O–H groups in total. The minimum atomic E-state index is -0.782. The number of fused-ring (bicyclic) bond motifs is 2. The molecule has 2 aliphatic heterocycles. The van der Waals surface area contributed by atoms with E-state index in [9.17, 15) is 9.59 Å². The maximum Gasteiger partial charge on any atom is 0.308 e. The third kappa shape index (κ3) is 1.59. The van der Waals surface area contributed by atoms with E-state index in [1.54, 1.807) is 4.90 Å². The number of rotatable bonds is 3. The summed E-state index contributed by atoms with van der Waals surface area (Å²) in [6.07, 6.45) is 2.94. The van der Waals surface area contributed by atoms with Crippen molar-refractivity contribution in [2.75, 3.05) is 0 Å². The summed E-state index contributed by atoms with van der Waals surface area (Å²) in [6, 6.07) is -0.487. The predicted octanol–water partition coefficient (Wildman–Crippen LogP) is 0.188. The van der Waals surface area contributed by atoms with Crippen LogP contribution in [-0.2, 0) is 9.59 Å². The number of aliphatic carboxylic acids is 1. The van der Waals surface area contributed by atoms with Crippen LogP contribution in [0.15, 0.2) is 0 Å². The van der Waals surface area contributed by atoms with Crippen LogP contribution in [0, 0.1) is 5.92 Å². The third-order valence-corrected chi connectivity index (χ3v) is 3.87. The van der Waals surface area contributed by atoms with Gasteiger partial charge in [0.1, 0.15) is 0 Å². The Bertz CT molecular complexity index is 318. The van der Waals surface area contributed by atoms with Gasteiger partial charge in [0.15, 0.2) is 0 Å². The number of amides is 1. The Morgan fingerprint density at radius 3 is 2.69 bits per heavy atom. The zero-order valence-corrected chi connectivity index (χ0v) is 9.43. The summed E-state index contributed by atoms with van der Waals surface area (Å²) in [5.41, 5.74) is 5.73. The van der Waals surface area contributed by atoms with Crippen molar-refractivity contribution in [2.45, 2.75) is 50.7 Å². The van der Waals surface area contributed by atoms with Crippen molar-refractivity contribution >= 4 is 11.9 Å². The molecule has 2 saturated heterocycles. The predicted molar refractivity (Wildman–Crippen MR) is 57.7 cm³/mol. The van der Waals surface area contributed by atoms with Crippen LogP contribution in [0.25, 0.3) is 0 Å². The minimum absolute atomic E-state index is 0.0706. The van der Waals surface area contributed by atoms with Gasteiger partial charge in [-0.3, -0.25) is 9.59 Å². The zero-order chi connectivity index (χ0) is 11.9. The smallest absolute Gasteiger partial charge is 0.308 e. The second-order valence-corrected chi connectivity index (χ2v) is 4.74. The molecule has 4 atom stereocenters. The van der Waals surface area contributed by atoms with Crippen LogP contribution in [0.2, 0.25) is 0 Å². The number of carboxylic acid groups (broad SMARTS) is 1. The molecule has 2 fully saturated rings. The highest BCUT2D eigenvalue weighted by Crippen LogP contribution is 2.42. The molecule has 0 radical (unpaired) electrons. The van der Waals surface area contributed by atoms with Gasteiger partial charge in [-0.1, -0.05) is 6.92 Å². The van der Waals surface area contributed by atoms with E-state index in [1.165, 1.54) is 0 Å². The normalized spacial score (nSPS) is 34.1. The fourth-order valence-corrected chi connectivity index (χ4v) is 2.96. The molecule has 2 rings (SSSR count). The number of carbonyl (C=O) groups excluding carboxylic acids is 1. The maximum atomic E-state index is 12.0. The Balaban J connectivity index is 2.13. The first-order chi connectivity index (χ1) is 7.56. The SMILES string of the molecule is CCC(N)C(=O)N1C2CCC1C(C(=O)O)C2. The van der Waals surface area contributed by atoms with Crippen molar-refractivity contribution < 1.29 is 14.7 Å². The number of hydrogen-bond acceptors (Lipinski definition) is 3. The average Bonchev–Trinajstić information content (AvgIpc) is 2.83. The topological polar surface area (TPSA) is 83.6 Å². The van der Waals surface area contributed by atoms with E-state index in [4.69, 9.17) is 10.8 Å². The molecule has 0 spiro atoms. The van der Waals surface area contributed by atoms with Crippen molar-refractivity contribution in [3.8, 4) is 0 Å². The van der Waals surface area contributed by atoms with Gasteiger partial charge in [0, 0.05) is 12.1 Å². The zero-order valence-electron chi connectivity index (χ0n) is 9.43. The van der Waals surface area contributed by atoms with Gasteiger partial charge in [0.25, 0.3) is 0 Å². The van der Waals surface area contributed by atoms with Crippen molar-refractivity contribution in [2.24, 2.45) is 11.7 Å². The summed E-state index contributed by atoms with van der Waals surface area (Å²) in [5, 5.41) is 9.06. The molecule has 2 heterocycles. The van der Waals surface area contributed by atoms with Crippen molar-refractivity contribution in [1.29, 1.82) is 0 Å². The largest absolute Gasteiger partial charge is 0.481 e. The molecule has 0 aromatic heterocycles.